The normalized spacial score (nSPS) is 13.1. The number of carboxylic acids is 1. The van der Waals surface area contributed by atoms with Crippen LogP contribution < -0.4 is 9.47 Å². The minimum Gasteiger partial charge on any atom is -0.493 e. The fourth-order valence-electron chi connectivity index (χ4n) is 2.24. The van der Waals surface area contributed by atoms with E-state index in [9.17, 15) is 18.0 Å². The highest BCUT2D eigenvalue weighted by molar-refractivity contribution is 7.19. The van der Waals surface area contributed by atoms with Crippen molar-refractivity contribution in [2.75, 3.05) is 14.2 Å². The molecule has 1 aromatic carbocycles. The van der Waals surface area contributed by atoms with Crippen molar-refractivity contribution in [3.05, 3.63) is 22.8 Å². The van der Waals surface area contributed by atoms with Crippen LogP contribution >= 0.6 is 11.3 Å². The molecule has 0 amide bonds. The van der Waals surface area contributed by atoms with Crippen LogP contribution in [0.3, 0.4) is 0 Å². The maximum atomic E-state index is 14.4. The molecule has 1 aromatic heterocycles. The molecule has 0 aliphatic rings. The van der Waals surface area contributed by atoms with Crippen LogP contribution in [-0.2, 0) is 10.7 Å². The minimum atomic E-state index is -3.38. The molecular weight excluding hydrogens is 333 g/mol. The van der Waals surface area contributed by atoms with Crippen LogP contribution in [0.15, 0.2) is 12.1 Å². The molecule has 4 nitrogen and oxygen atoms in total. The summed E-state index contributed by atoms with van der Waals surface area (Å²) < 4.78 is 53.4. The lowest BCUT2D eigenvalue weighted by atomic mass is 9.98. The van der Waals surface area contributed by atoms with Gasteiger partial charge in [0, 0.05) is 22.1 Å². The number of aliphatic carboxylic acids is 1. The first-order valence-corrected chi connectivity index (χ1v) is 7.48. The van der Waals surface area contributed by atoms with Gasteiger partial charge in [-0.25, -0.2) is 13.2 Å². The average Bonchev–Trinajstić information content (AvgIpc) is 2.91. The number of rotatable bonds is 6. The maximum Gasteiger partial charge on any atom is 0.303 e. The molecule has 1 atom stereocenters. The van der Waals surface area contributed by atoms with Crippen LogP contribution in [0.1, 0.15) is 18.2 Å². The number of thiophene rings is 1. The highest BCUT2D eigenvalue weighted by Crippen LogP contribution is 2.46. The summed E-state index contributed by atoms with van der Waals surface area (Å²) in [5.41, 5.74) is 0. The molecule has 1 heterocycles. The van der Waals surface area contributed by atoms with Crippen molar-refractivity contribution < 1.29 is 32.5 Å². The van der Waals surface area contributed by atoms with E-state index in [0.29, 0.717) is 11.3 Å². The Morgan fingerprint density at radius 1 is 1.35 bits per heavy atom. The Hall–Kier alpha value is -1.96. The lowest BCUT2D eigenvalue weighted by molar-refractivity contribution is -0.143. The Kier molecular flexibility index (Phi) is 4.74. The SMILES string of the molecule is COc1cc2sc(C(F)(F)[C@@H](C)CC(=O)O)cc2c(F)c1OC. The van der Waals surface area contributed by atoms with Gasteiger partial charge in [-0.05, 0) is 6.07 Å². The van der Waals surface area contributed by atoms with Crippen molar-refractivity contribution in [1.29, 1.82) is 0 Å². The topological polar surface area (TPSA) is 55.8 Å². The lowest BCUT2D eigenvalue weighted by Crippen LogP contribution is -2.24. The second-order valence-corrected chi connectivity index (χ2v) is 6.15. The predicted octanol–water partition coefficient (Wildman–Crippen LogP) is 4.26. The number of methoxy groups -OCH3 is 2. The van der Waals surface area contributed by atoms with Crippen molar-refractivity contribution in [1.82, 2.24) is 0 Å². The van der Waals surface area contributed by atoms with Gasteiger partial charge in [0.2, 0.25) is 0 Å². The van der Waals surface area contributed by atoms with Gasteiger partial charge in [0.25, 0.3) is 5.92 Å². The van der Waals surface area contributed by atoms with E-state index < -0.39 is 34.9 Å². The molecule has 0 saturated carbocycles. The third kappa shape index (κ3) is 3.08. The van der Waals surface area contributed by atoms with Gasteiger partial charge in [0.15, 0.2) is 17.3 Å². The van der Waals surface area contributed by atoms with E-state index in [-0.39, 0.29) is 21.6 Å². The number of hydrogen-bond acceptors (Lipinski definition) is 4. The molecule has 1 N–H and O–H groups in total. The van der Waals surface area contributed by atoms with Crippen LogP contribution in [0.4, 0.5) is 13.2 Å². The quantitative estimate of drug-likeness (QED) is 0.847. The molecular formula is C15H15F3O4S. The number of benzene rings is 1. The van der Waals surface area contributed by atoms with Gasteiger partial charge >= 0.3 is 5.97 Å². The molecule has 0 aliphatic carbocycles. The number of ether oxygens (including phenoxy) is 2. The first-order valence-electron chi connectivity index (χ1n) is 6.66. The van der Waals surface area contributed by atoms with Crippen molar-refractivity contribution in [3.8, 4) is 11.5 Å². The van der Waals surface area contributed by atoms with E-state index in [0.717, 1.165) is 13.0 Å². The molecule has 0 spiro atoms. The fraction of sp³-hybridized carbons (Fsp3) is 0.400. The summed E-state index contributed by atoms with van der Waals surface area (Å²) in [7, 11) is 2.57. The second-order valence-electron chi connectivity index (χ2n) is 5.07. The lowest BCUT2D eigenvalue weighted by Gasteiger charge is -2.20. The average molecular weight is 348 g/mol. The number of hydrogen-bond donors (Lipinski definition) is 1. The third-order valence-corrected chi connectivity index (χ3v) is 4.70. The molecule has 2 rings (SSSR count). The van der Waals surface area contributed by atoms with Crippen LogP contribution in [0.5, 0.6) is 11.5 Å². The summed E-state index contributed by atoms with van der Waals surface area (Å²) in [6.45, 7) is 1.15. The molecule has 0 aliphatic heterocycles. The first-order chi connectivity index (χ1) is 10.7. The fourth-order valence-corrected chi connectivity index (χ4v) is 3.41. The molecule has 0 bridgehead atoms. The third-order valence-electron chi connectivity index (χ3n) is 3.53. The first kappa shape index (κ1) is 17.4. The molecule has 126 valence electrons. The van der Waals surface area contributed by atoms with Gasteiger partial charge in [-0.15, -0.1) is 11.3 Å². The summed E-state index contributed by atoms with van der Waals surface area (Å²) in [5, 5.41) is 8.68. The molecule has 23 heavy (non-hydrogen) atoms. The van der Waals surface area contributed by atoms with E-state index in [2.05, 4.69) is 0 Å². The van der Waals surface area contributed by atoms with E-state index in [1.165, 1.54) is 20.3 Å². The number of carbonyl (C=O) groups is 1. The van der Waals surface area contributed by atoms with Crippen LogP contribution in [0.2, 0.25) is 0 Å². The monoisotopic (exact) mass is 348 g/mol. The summed E-state index contributed by atoms with van der Waals surface area (Å²) in [5.74, 6) is -6.95. The van der Waals surface area contributed by atoms with Gasteiger partial charge in [0.05, 0.1) is 25.5 Å². The molecule has 2 aromatic rings. The van der Waals surface area contributed by atoms with E-state index >= 15 is 0 Å². The summed E-state index contributed by atoms with van der Waals surface area (Å²) in [6, 6.07) is 2.46. The Morgan fingerprint density at radius 3 is 2.52 bits per heavy atom. The van der Waals surface area contributed by atoms with Crippen molar-refractivity contribution >= 4 is 27.4 Å². The van der Waals surface area contributed by atoms with Gasteiger partial charge in [-0.2, -0.15) is 0 Å². The van der Waals surface area contributed by atoms with Crippen molar-refractivity contribution in [3.63, 3.8) is 0 Å². The van der Waals surface area contributed by atoms with Crippen molar-refractivity contribution in [2.45, 2.75) is 19.3 Å². The minimum absolute atomic E-state index is 0.00940. The van der Waals surface area contributed by atoms with E-state index in [1.807, 2.05) is 0 Å². The van der Waals surface area contributed by atoms with Gasteiger partial charge < -0.3 is 14.6 Å². The second kappa shape index (κ2) is 6.27. The summed E-state index contributed by atoms with van der Waals surface area (Å²) >= 11 is 0.704. The predicted molar refractivity (Wildman–Crippen MR) is 80.2 cm³/mol. The maximum absolute atomic E-state index is 14.4. The Morgan fingerprint density at radius 2 is 2.00 bits per heavy atom. The number of halogens is 3. The number of alkyl halides is 2. The standard InChI is InChI=1S/C15H15F3O4S/c1-7(4-12(19)20)15(17,18)11-5-8-10(23-11)6-9(21-2)14(22-3)13(8)16/h5-7H,4H2,1-3H3,(H,19,20)/t7-/m0/s1. The summed E-state index contributed by atoms with van der Waals surface area (Å²) in [4.78, 5) is 10.3. The van der Waals surface area contributed by atoms with Gasteiger partial charge in [0.1, 0.15) is 0 Å². The van der Waals surface area contributed by atoms with Gasteiger partial charge in [-0.1, -0.05) is 6.92 Å². The van der Waals surface area contributed by atoms with Crippen molar-refractivity contribution in [2.24, 2.45) is 5.92 Å². The molecule has 0 radical (unpaired) electrons. The number of carboxylic acid groups (broad SMARTS) is 1. The highest BCUT2D eigenvalue weighted by Gasteiger charge is 2.41. The zero-order valence-corrected chi connectivity index (χ0v) is 13.5. The Labute approximate surface area is 134 Å². The van der Waals surface area contributed by atoms with E-state index in [1.54, 1.807) is 0 Å². The number of fused-ring (bicyclic) bond motifs is 1. The zero-order chi connectivity index (χ0) is 17.4. The Bertz CT molecular complexity index is 742. The van der Waals surface area contributed by atoms with Crippen LogP contribution in [0, 0.1) is 11.7 Å². The summed E-state index contributed by atoms with van der Waals surface area (Å²) in [6.07, 6.45) is -0.684. The van der Waals surface area contributed by atoms with E-state index in [4.69, 9.17) is 14.6 Å². The highest BCUT2D eigenvalue weighted by atomic mass is 32.1. The zero-order valence-electron chi connectivity index (χ0n) is 12.7. The smallest absolute Gasteiger partial charge is 0.303 e. The largest absolute Gasteiger partial charge is 0.493 e. The molecule has 0 unspecified atom stereocenters. The molecule has 0 fully saturated rings. The van der Waals surface area contributed by atoms with Crippen LogP contribution in [-0.4, -0.2) is 25.3 Å². The van der Waals surface area contributed by atoms with Gasteiger partial charge in [-0.3, -0.25) is 4.79 Å². The molecule has 0 saturated heterocycles. The van der Waals surface area contributed by atoms with Crippen LogP contribution in [0.25, 0.3) is 10.1 Å². The molecule has 8 heteroatoms. The Balaban J connectivity index is 2.55.